The van der Waals surface area contributed by atoms with Crippen molar-refractivity contribution in [1.82, 2.24) is 4.90 Å². The van der Waals surface area contributed by atoms with Gasteiger partial charge in [0.05, 0.1) is 0 Å². The average Bonchev–Trinajstić information content (AvgIpc) is 2.28. The van der Waals surface area contributed by atoms with Crippen LogP contribution in [-0.4, -0.2) is 17.5 Å². The molecule has 1 aliphatic heterocycles. The SMILES string of the molecule is CCC1CCCCN1Cc1cc(N)cc(Cl)c1. The highest BCUT2D eigenvalue weighted by molar-refractivity contribution is 6.30. The summed E-state index contributed by atoms with van der Waals surface area (Å²) < 4.78 is 0. The van der Waals surface area contributed by atoms with Gasteiger partial charge in [0.2, 0.25) is 0 Å². The summed E-state index contributed by atoms with van der Waals surface area (Å²) in [6.07, 6.45) is 5.24. The van der Waals surface area contributed by atoms with Crippen LogP contribution in [-0.2, 0) is 6.54 Å². The largest absolute Gasteiger partial charge is 0.399 e. The third kappa shape index (κ3) is 3.36. The topological polar surface area (TPSA) is 29.3 Å². The molecule has 1 saturated heterocycles. The number of nitrogens with two attached hydrogens (primary N) is 1. The Labute approximate surface area is 109 Å². The Morgan fingerprint density at radius 1 is 1.35 bits per heavy atom. The van der Waals surface area contributed by atoms with E-state index in [4.69, 9.17) is 17.3 Å². The number of nitrogens with zero attached hydrogens (tertiary/aromatic N) is 1. The fourth-order valence-electron chi connectivity index (χ4n) is 2.73. The van der Waals surface area contributed by atoms with Gasteiger partial charge in [0, 0.05) is 23.3 Å². The number of halogens is 1. The first-order chi connectivity index (χ1) is 8.19. The smallest absolute Gasteiger partial charge is 0.0429 e. The van der Waals surface area contributed by atoms with Crippen LogP contribution in [0.4, 0.5) is 5.69 Å². The molecule has 1 atom stereocenters. The highest BCUT2D eigenvalue weighted by Gasteiger charge is 2.20. The van der Waals surface area contributed by atoms with Crippen LogP contribution in [0.3, 0.4) is 0 Å². The van der Waals surface area contributed by atoms with Gasteiger partial charge in [-0.05, 0) is 49.6 Å². The van der Waals surface area contributed by atoms with E-state index in [1.165, 1.54) is 37.8 Å². The second kappa shape index (κ2) is 5.74. The van der Waals surface area contributed by atoms with E-state index in [9.17, 15) is 0 Å². The number of piperidine rings is 1. The summed E-state index contributed by atoms with van der Waals surface area (Å²) in [6, 6.07) is 6.59. The molecule has 0 aromatic heterocycles. The molecule has 2 N–H and O–H groups in total. The first-order valence-corrected chi connectivity index (χ1v) is 6.86. The highest BCUT2D eigenvalue weighted by Crippen LogP contribution is 2.24. The van der Waals surface area contributed by atoms with E-state index in [0.717, 1.165) is 23.3 Å². The molecule has 1 aromatic rings. The molecule has 17 heavy (non-hydrogen) atoms. The van der Waals surface area contributed by atoms with Crippen LogP contribution in [0.1, 0.15) is 38.2 Å². The fraction of sp³-hybridized carbons (Fsp3) is 0.571. The van der Waals surface area contributed by atoms with Crippen molar-refractivity contribution in [2.24, 2.45) is 0 Å². The average molecular weight is 253 g/mol. The van der Waals surface area contributed by atoms with Gasteiger partial charge in [0.1, 0.15) is 0 Å². The molecule has 0 radical (unpaired) electrons. The molecule has 94 valence electrons. The van der Waals surface area contributed by atoms with Crippen molar-refractivity contribution in [2.75, 3.05) is 12.3 Å². The molecule has 2 nitrogen and oxygen atoms in total. The van der Waals surface area contributed by atoms with Crippen LogP contribution in [0.15, 0.2) is 18.2 Å². The normalized spacial score (nSPS) is 21.6. The summed E-state index contributed by atoms with van der Waals surface area (Å²) >= 11 is 6.04. The lowest BCUT2D eigenvalue weighted by atomic mass is 9.99. The predicted octanol–water partition coefficient (Wildman–Crippen LogP) is 3.69. The zero-order valence-corrected chi connectivity index (χ0v) is 11.2. The summed E-state index contributed by atoms with van der Waals surface area (Å²) in [5.41, 5.74) is 7.82. The zero-order chi connectivity index (χ0) is 12.3. The maximum atomic E-state index is 6.04. The van der Waals surface area contributed by atoms with Crippen molar-refractivity contribution in [2.45, 2.75) is 45.2 Å². The van der Waals surface area contributed by atoms with E-state index in [2.05, 4.69) is 11.8 Å². The van der Waals surface area contributed by atoms with Gasteiger partial charge in [0.15, 0.2) is 0 Å². The molecule has 0 amide bonds. The molecular formula is C14H21ClN2. The standard InChI is InChI=1S/C14H21ClN2/c1-2-14-5-3-4-6-17(14)10-11-7-12(15)9-13(16)8-11/h7-9,14H,2-6,10,16H2,1H3. The lowest BCUT2D eigenvalue weighted by Crippen LogP contribution is -2.38. The predicted molar refractivity (Wildman–Crippen MR) is 74.2 cm³/mol. The minimum atomic E-state index is 0.726. The van der Waals surface area contributed by atoms with Gasteiger partial charge >= 0.3 is 0 Å². The molecule has 3 heteroatoms. The second-order valence-corrected chi connectivity index (χ2v) is 5.36. The molecule has 1 fully saturated rings. The lowest BCUT2D eigenvalue weighted by molar-refractivity contribution is 0.136. The van der Waals surface area contributed by atoms with Crippen molar-refractivity contribution in [1.29, 1.82) is 0 Å². The molecule has 1 aromatic carbocycles. The Balaban J connectivity index is 2.08. The van der Waals surface area contributed by atoms with Crippen LogP contribution in [0.2, 0.25) is 5.02 Å². The van der Waals surface area contributed by atoms with Crippen molar-refractivity contribution in [3.8, 4) is 0 Å². The van der Waals surface area contributed by atoms with Gasteiger partial charge in [-0.1, -0.05) is 24.9 Å². The van der Waals surface area contributed by atoms with Crippen molar-refractivity contribution in [3.05, 3.63) is 28.8 Å². The number of rotatable bonds is 3. The number of hydrogen-bond acceptors (Lipinski definition) is 2. The van der Waals surface area contributed by atoms with Crippen LogP contribution >= 0.6 is 11.6 Å². The number of likely N-dealkylation sites (tertiary alicyclic amines) is 1. The quantitative estimate of drug-likeness (QED) is 0.832. The highest BCUT2D eigenvalue weighted by atomic mass is 35.5. The monoisotopic (exact) mass is 252 g/mol. The maximum absolute atomic E-state index is 6.04. The van der Waals surface area contributed by atoms with Gasteiger partial charge in [-0.15, -0.1) is 0 Å². The van der Waals surface area contributed by atoms with Crippen LogP contribution in [0, 0.1) is 0 Å². The number of benzene rings is 1. The third-order valence-electron chi connectivity index (χ3n) is 3.59. The maximum Gasteiger partial charge on any atom is 0.0429 e. The number of anilines is 1. The number of nitrogen functional groups attached to an aromatic ring is 1. The summed E-state index contributed by atoms with van der Waals surface area (Å²) in [7, 11) is 0. The summed E-state index contributed by atoms with van der Waals surface area (Å²) in [5, 5.41) is 0.741. The molecule has 1 unspecified atom stereocenters. The van der Waals surface area contributed by atoms with Crippen molar-refractivity contribution in [3.63, 3.8) is 0 Å². The Hall–Kier alpha value is -0.730. The minimum Gasteiger partial charge on any atom is -0.399 e. The molecular weight excluding hydrogens is 232 g/mol. The van der Waals surface area contributed by atoms with E-state index in [1.807, 2.05) is 12.1 Å². The van der Waals surface area contributed by atoms with Crippen LogP contribution in [0.25, 0.3) is 0 Å². The van der Waals surface area contributed by atoms with Crippen LogP contribution < -0.4 is 5.73 Å². The van der Waals surface area contributed by atoms with E-state index in [-0.39, 0.29) is 0 Å². The summed E-state index contributed by atoms with van der Waals surface area (Å²) in [5.74, 6) is 0. The molecule has 0 bridgehead atoms. The van der Waals surface area contributed by atoms with Gasteiger partial charge in [-0.25, -0.2) is 0 Å². The first kappa shape index (κ1) is 12.7. The Morgan fingerprint density at radius 3 is 2.88 bits per heavy atom. The summed E-state index contributed by atoms with van der Waals surface area (Å²) in [6.45, 7) is 4.45. The molecule has 0 saturated carbocycles. The van der Waals surface area contributed by atoms with Crippen LogP contribution in [0.5, 0.6) is 0 Å². The second-order valence-electron chi connectivity index (χ2n) is 4.92. The van der Waals surface area contributed by atoms with E-state index >= 15 is 0 Å². The molecule has 2 rings (SSSR count). The van der Waals surface area contributed by atoms with Gasteiger partial charge < -0.3 is 5.73 Å². The Kier molecular flexibility index (Phi) is 4.30. The third-order valence-corrected chi connectivity index (χ3v) is 3.80. The van der Waals surface area contributed by atoms with E-state index < -0.39 is 0 Å². The van der Waals surface area contributed by atoms with Crippen molar-refractivity contribution < 1.29 is 0 Å². The van der Waals surface area contributed by atoms with Gasteiger partial charge in [-0.3, -0.25) is 4.90 Å². The number of hydrogen-bond donors (Lipinski definition) is 1. The van der Waals surface area contributed by atoms with E-state index in [1.54, 1.807) is 6.07 Å². The minimum absolute atomic E-state index is 0.726. The lowest BCUT2D eigenvalue weighted by Gasteiger charge is -2.35. The van der Waals surface area contributed by atoms with Gasteiger partial charge in [0.25, 0.3) is 0 Å². The van der Waals surface area contributed by atoms with Gasteiger partial charge in [-0.2, -0.15) is 0 Å². The fourth-order valence-corrected chi connectivity index (χ4v) is 3.00. The molecule has 1 heterocycles. The summed E-state index contributed by atoms with van der Waals surface area (Å²) in [4.78, 5) is 2.56. The zero-order valence-electron chi connectivity index (χ0n) is 10.5. The molecule has 0 spiro atoms. The molecule has 1 aliphatic rings. The van der Waals surface area contributed by atoms with Crippen molar-refractivity contribution >= 4 is 17.3 Å². The Bertz CT molecular complexity index is 358. The van der Waals surface area contributed by atoms with E-state index in [0.29, 0.717) is 0 Å². The first-order valence-electron chi connectivity index (χ1n) is 6.48. The molecule has 0 aliphatic carbocycles. The Morgan fingerprint density at radius 2 is 2.18 bits per heavy atom.